The number of hydrogen-bond donors (Lipinski definition) is 2. The summed E-state index contributed by atoms with van der Waals surface area (Å²) in [7, 11) is 0. The highest BCUT2D eigenvalue weighted by Crippen LogP contribution is 2.41. The third-order valence-electron chi connectivity index (χ3n) is 6.01. The lowest BCUT2D eigenvalue weighted by atomic mass is 9.84. The molecule has 1 rings (SSSR count). The fourth-order valence-electron chi connectivity index (χ4n) is 4.29. The van der Waals surface area contributed by atoms with Crippen LogP contribution in [-0.2, 0) is 25.7 Å². The molecule has 0 fully saturated rings. The van der Waals surface area contributed by atoms with Crippen LogP contribution in [0.4, 0.5) is 0 Å². The average Bonchev–Trinajstić information content (AvgIpc) is 2.69. The van der Waals surface area contributed by atoms with Crippen molar-refractivity contribution < 1.29 is 10.2 Å². The standard InChI is InChI=1S/C26H46O2/c1-5-9-13-17-21-22(18-14-10-6-2)24(20-16-12-8-4)26(28)25(27)23(21)19-15-11-7-3/h27-28H,5-20H2,1-4H3. The molecule has 0 atom stereocenters. The van der Waals surface area contributed by atoms with Crippen molar-refractivity contribution in [3.8, 4) is 11.5 Å². The van der Waals surface area contributed by atoms with Crippen molar-refractivity contribution in [2.45, 2.75) is 130 Å². The lowest BCUT2D eigenvalue weighted by Crippen LogP contribution is -2.08. The summed E-state index contributed by atoms with van der Waals surface area (Å²) in [6.45, 7) is 8.92. The Morgan fingerprint density at radius 3 is 0.893 bits per heavy atom. The van der Waals surface area contributed by atoms with Gasteiger partial charge in [-0.15, -0.1) is 0 Å². The monoisotopic (exact) mass is 390 g/mol. The molecule has 2 heteroatoms. The Morgan fingerprint density at radius 2 is 0.643 bits per heavy atom. The van der Waals surface area contributed by atoms with Gasteiger partial charge in [-0.1, -0.05) is 79.1 Å². The van der Waals surface area contributed by atoms with E-state index in [-0.39, 0.29) is 11.5 Å². The van der Waals surface area contributed by atoms with Crippen LogP contribution in [0.1, 0.15) is 127 Å². The Bertz CT molecular complexity index is 499. The van der Waals surface area contributed by atoms with E-state index in [0.29, 0.717) is 0 Å². The first-order valence-electron chi connectivity index (χ1n) is 12.2. The second-order valence-electron chi connectivity index (χ2n) is 8.44. The number of unbranched alkanes of at least 4 members (excludes halogenated alkanes) is 8. The van der Waals surface area contributed by atoms with Gasteiger partial charge in [0.25, 0.3) is 0 Å². The molecule has 0 heterocycles. The van der Waals surface area contributed by atoms with Crippen molar-refractivity contribution in [1.29, 1.82) is 0 Å². The first-order chi connectivity index (χ1) is 13.6. The number of phenols is 2. The summed E-state index contributed by atoms with van der Waals surface area (Å²) < 4.78 is 0. The quantitative estimate of drug-likeness (QED) is 0.221. The molecule has 2 nitrogen and oxygen atoms in total. The molecular weight excluding hydrogens is 344 g/mol. The Balaban J connectivity index is 3.34. The van der Waals surface area contributed by atoms with Gasteiger partial charge in [-0.25, -0.2) is 0 Å². The molecule has 0 bridgehead atoms. The number of aromatic hydroxyl groups is 2. The molecular formula is C26H46O2. The van der Waals surface area contributed by atoms with Crippen molar-refractivity contribution in [3.63, 3.8) is 0 Å². The second kappa shape index (κ2) is 14.8. The lowest BCUT2D eigenvalue weighted by molar-refractivity contribution is 0.391. The van der Waals surface area contributed by atoms with Crippen molar-refractivity contribution in [2.24, 2.45) is 0 Å². The van der Waals surface area contributed by atoms with Crippen LogP contribution in [0.25, 0.3) is 0 Å². The highest BCUT2D eigenvalue weighted by Gasteiger charge is 2.22. The van der Waals surface area contributed by atoms with Crippen LogP contribution in [0.5, 0.6) is 11.5 Å². The van der Waals surface area contributed by atoms with Gasteiger partial charge in [-0.3, -0.25) is 0 Å². The van der Waals surface area contributed by atoms with Gasteiger partial charge in [0.05, 0.1) is 0 Å². The van der Waals surface area contributed by atoms with Gasteiger partial charge >= 0.3 is 0 Å². The molecule has 0 saturated heterocycles. The van der Waals surface area contributed by atoms with Gasteiger partial charge in [-0.2, -0.15) is 0 Å². The minimum absolute atomic E-state index is 0.188. The van der Waals surface area contributed by atoms with E-state index < -0.39 is 0 Å². The minimum atomic E-state index is 0.188. The summed E-state index contributed by atoms with van der Waals surface area (Å²) in [5, 5.41) is 21.8. The van der Waals surface area contributed by atoms with Crippen LogP contribution in [0.2, 0.25) is 0 Å². The second-order valence-corrected chi connectivity index (χ2v) is 8.44. The van der Waals surface area contributed by atoms with Crippen LogP contribution in [0.3, 0.4) is 0 Å². The van der Waals surface area contributed by atoms with E-state index in [9.17, 15) is 10.2 Å². The van der Waals surface area contributed by atoms with E-state index in [0.717, 1.165) is 49.7 Å². The Morgan fingerprint density at radius 1 is 0.393 bits per heavy atom. The lowest BCUT2D eigenvalue weighted by Gasteiger charge is -2.23. The van der Waals surface area contributed by atoms with Gasteiger partial charge in [0, 0.05) is 11.1 Å². The SMILES string of the molecule is CCCCCc1c(O)c(O)c(CCCCC)c(CCCCC)c1CCCCC. The van der Waals surface area contributed by atoms with Crippen LogP contribution < -0.4 is 0 Å². The molecule has 0 spiro atoms. The van der Waals surface area contributed by atoms with Crippen LogP contribution in [0, 0.1) is 0 Å². The van der Waals surface area contributed by atoms with Gasteiger partial charge in [0.2, 0.25) is 0 Å². The molecule has 1 aromatic carbocycles. The first-order valence-corrected chi connectivity index (χ1v) is 12.2. The molecule has 162 valence electrons. The largest absolute Gasteiger partial charge is 0.504 e. The Labute approximate surface area is 174 Å². The first kappa shape index (κ1) is 24.9. The fraction of sp³-hybridized carbons (Fsp3) is 0.769. The Kier molecular flexibility index (Phi) is 13.1. The van der Waals surface area contributed by atoms with Crippen molar-refractivity contribution in [2.75, 3.05) is 0 Å². The van der Waals surface area contributed by atoms with E-state index in [1.165, 1.54) is 75.3 Å². The van der Waals surface area contributed by atoms with Crippen LogP contribution in [-0.4, -0.2) is 10.2 Å². The number of benzene rings is 1. The normalized spacial score (nSPS) is 11.3. The average molecular weight is 391 g/mol. The molecule has 2 N–H and O–H groups in total. The molecule has 0 unspecified atom stereocenters. The number of rotatable bonds is 16. The molecule has 28 heavy (non-hydrogen) atoms. The zero-order chi connectivity index (χ0) is 20.8. The number of hydrogen-bond acceptors (Lipinski definition) is 2. The molecule has 1 aromatic rings. The predicted octanol–water partition coefficient (Wildman–Crippen LogP) is 8.03. The molecule has 0 aliphatic heterocycles. The molecule has 0 saturated carbocycles. The van der Waals surface area contributed by atoms with E-state index in [1.807, 2.05) is 0 Å². The van der Waals surface area contributed by atoms with E-state index in [2.05, 4.69) is 27.7 Å². The molecule has 0 radical (unpaired) electrons. The maximum Gasteiger partial charge on any atom is 0.161 e. The minimum Gasteiger partial charge on any atom is -0.504 e. The van der Waals surface area contributed by atoms with Crippen molar-refractivity contribution in [1.82, 2.24) is 0 Å². The van der Waals surface area contributed by atoms with Crippen molar-refractivity contribution >= 4 is 0 Å². The molecule has 0 aromatic heterocycles. The van der Waals surface area contributed by atoms with Crippen molar-refractivity contribution in [3.05, 3.63) is 22.3 Å². The summed E-state index contributed by atoms with van der Waals surface area (Å²) in [6, 6.07) is 0. The summed E-state index contributed by atoms with van der Waals surface area (Å²) in [5.41, 5.74) is 4.85. The topological polar surface area (TPSA) is 40.5 Å². The van der Waals surface area contributed by atoms with E-state index >= 15 is 0 Å². The maximum absolute atomic E-state index is 10.9. The third kappa shape index (κ3) is 7.68. The number of phenolic OH excluding ortho intramolecular Hbond substituents is 2. The Hall–Kier alpha value is -1.18. The maximum atomic E-state index is 10.9. The molecule has 0 amide bonds. The highest BCUT2D eigenvalue weighted by atomic mass is 16.3. The van der Waals surface area contributed by atoms with Gasteiger partial charge in [0.1, 0.15) is 0 Å². The summed E-state index contributed by atoms with van der Waals surface area (Å²) in [6.07, 6.45) is 18.0. The van der Waals surface area contributed by atoms with Gasteiger partial charge in [-0.05, 0) is 62.5 Å². The fourth-order valence-corrected chi connectivity index (χ4v) is 4.29. The van der Waals surface area contributed by atoms with Crippen LogP contribution >= 0.6 is 0 Å². The predicted molar refractivity (Wildman–Crippen MR) is 123 cm³/mol. The van der Waals surface area contributed by atoms with Crippen LogP contribution in [0.15, 0.2) is 0 Å². The summed E-state index contributed by atoms with van der Waals surface area (Å²) >= 11 is 0. The van der Waals surface area contributed by atoms with E-state index in [4.69, 9.17) is 0 Å². The molecule has 0 aliphatic rings. The van der Waals surface area contributed by atoms with Gasteiger partial charge < -0.3 is 10.2 Å². The molecule has 0 aliphatic carbocycles. The zero-order valence-corrected chi connectivity index (χ0v) is 19.2. The smallest absolute Gasteiger partial charge is 0.161 e. The summed E-state index contributed by atoms with van der Waals surface area (Å²) in [4.78, 5) is 0. The van der Waals surface area contributed by atoms with E-state index in [1.54, 1.807) is 0 Å². The third-order valence-corrected chi connectivity index (χ3v) is 6.01. The highest BCUT2D eigenvalue weighted by molar-refractivity contribution is 5.59. The van der Waals surface area contributed by atoms with Gasteiger partial charge in [0.15, 0.2) is 11.5 Å². The summed E-state index contributed by atoms with van der Waals surface area (Å²) in [5.74, 6) is 0.377. The zero-order valence-electron chi connectivity index (χ0n) is 19.2.